The van der Waals surface area contributed by atoms with Crippen molar-refractivity contribution in [2.45, 2.75) is 13.5 Å². The molecule has 0 unspecified atom stereocenters. The number of amides is 1. The Bertz CT molecular complexity index is 581. The number of nitrogens with one attached hydrogen (secondary N) is 1. The number of nitrogen functional groups attached to an aromatic ring is 1. The molecular weight excluding hydrogens is 250 g/mol. The van der Waals surface area contributed by atoms with Gasteiger partial charge in [0.1, 0.15) is 5.82 Å². The lowest BCUT2D eigenvalue weighted by Gasteiger charge is -2.08. The number of nitrogens with two attached hydrogens (primary N) is 2. The maximum absolute atomic E-state index is 11.3. The molecule has 2 heterocycles. The van der Waals surface area contributed by atoms with E-state index in [9.17, 15) is 4.79 Å². The van der Waals surface area contributed by atoms with E-state index in [1.165, 1.54) is 12.3 Å². The Morgan fingerprint density at radius 2 is 2.22 bits per heavy atom. The van der Waals surface area contributed by atoms with E-state index in [-0.39, 0.29) is 5.82 Å². The molecule has 0 saturated heterocycles. The minimum absolute atomic E-state index is 0.267. The molecule has 0 aliphatic heterocycles. The molecule has 1 amide bonds. The van der Waals surface area contributed by atoms with Gasteiger partial charge in [-0.2, -0.15) is 0 Å². The Morgan fingerprint density at radius 3 is 2.83 bits per heavy atom. The first-order chi connectivity index (χ1) is 8.56. The molecule has 0 radical (unpaired) electrons. The quantitative estimate of drug-likeness (QED) is 0.766. The highest BCUT2D eigenvalue weighted by atomic mass is 32.1. The summed E-state index contributed by atoms with van der Waals surface area (Å²) in [4.78, 5) is 20.4. The molecule has 2 aromatic heterocycles. The molecule has 18 heavy (non-hydrogen) atoms. The van der Waals surface area contributed by atoms with Crippen LogP contribution in [-0.4, -0.2) is 15.9 Å². The predicted octanol–water partition coefficient (Wildman–Crippen LogP) is 1.14. The highest BCUT2D eigenvalue weighted by Crippen LogP contribution is 2.18. The summed E-state index contributed by atoms with van der Waals surface area (Å²) < 4.78 is 0. The molecule has 0 aromatic carbocycles. The van der Waals surface area contributed by atoms with Crippen LogP contribution in [0.2, 0.25) is 0 Å². The van der Waals surface area contributed by atoms with Gasteiger partial charge in [-0.3, -0.25) is 4.79 Å². The molecule has 6 nitrogen and oxygen atoms in total. The van der Waals surface area contributed by atoms with Crippen molar-refractivity contribution in [2.75, 3.05) is 11.1 Å². The molecule has 7 heteroatoms. The van der Waals surface area contributed by atoms with E-state index in [1.54, 1.807) is 17.5 Å². The van der Waals surface area contributed by atoms with Crippen LogP contribution in [0.3, 0.4) is 0 Å². The fourth-order valence-corrected chi connectivity index (χ4v) is 2.22. The van der Waals surface area contributed by atoms with Gasteiger partial charge in [0.25, 0.3) is 5.91 Å². The lowest BCUT2D eigenvalue weighted by atomic mass is 10.2. The van der Waals surface area contributed by atoms with Crippen molar-refractivity contribution in [3.63, 3.8) is 0 Å². The van der Waals surface area contributed by atoms with Gasteiger partial charge in [-0.25, -0.2) is 9.97 Å². The lowest BCUT2D eigenvalue weighted by Crippen LogP contribution is -2.15. The fraction of sp³-hybridized carbons (Fsp3) is 0.182. The number of aryl methyl sites for hydroxylation is 1. The molecular formula is C11H13N5OS. The summed E-state index contributed by atoms with van der Waals surface area (Å²) in [5.74, 6) is -0.268. The number of nitrogens with zero attached hydrogens (tertiary/aromatic N) is 2. The molecule has 0 spiro atoms. The zero-order valence-electron chi connectivity index (χ0n) is 9.80. The molecule has 5 N–H and O–H groups in total. The van der Waals surface area contributed by atoms with Crippen LogP contribution in [-0.2, 0) is 6.54 Å². The fourth-order valence-electron chi connectivity index (χ4n) is 1.49. The smallest absolute Gasteiger partial charge is 0.250 e. The summed E-state index contributed by atoms with van der Waals surface area (Å²) in [5, 5.41) is 4.10. The van der Waals surface area contributed by atoms with Crippen molar-refractivity contribution in [3.05, 3.63) is 33.9 Å². The number of aromatic nitrogens is 2. The van der Waals surface area contributed by atoms with Gasteiger partial charge in [-0.1, -0.05) is 0 Å². The van der Waals surface area contributed by atoms with Crippen LogP contribution >= 0.6 is 11.3 Å². The number of primary amides is 1. The van der Waals surface area contributed by atoms with Crippen LogP contribution in [0.25, 0.3) is 0 Å². The van der Waals surface area contributed by atoms with Crippen molar-refractivity contribution in [3.8, 4) is 0 Å². The molecule has 2 aromatic rings. The highest BCUT2D eigenvalue weighted by Gasteiger charge is 2.09. The van der Waals surface area contributed by atoms with Gasteiger partial charge in [0.2, 0.25) is 0 Å². The summed E-state index contributed by atoms with van der Waals surface area (Å²) in [6.45, 7) is 2.51. The van der Waals surface area contributed by atoms with Gasteiger partial charge < -0.3 is 16.8 Å². The largest absolute Gasteiger partial charge is 0.384 e. The molecule has 2 rings (SSSR count). The van der Waals surface area contributed by atoms with E-state index in [4.69, 9.17) is 11.5 Å². The Balaban J connectivity index is 2.16. The summed E-state index contributed by atoms with van der Waals surface area (Å²) in [5.41, 5.74) is 11.7. The molecule has 0 atom stereocenters. The molecule has 0 aliphatic carbocycles. The monoisotopic (exact) mass is 263 g/mol. The predicted molar refractivity (Wildman–Crippen MR) is 71.3 cm³/mol. The van der Waals surface area contributed by atoms with Crippen molar-refractivity contribution in [1.29, 1.82) is 0 Å². The van der Waals surface area contributed by atoms with Crippen LogP contribution < -0.4 is 16.8 Å². The van der Waals surface area contributed by atoms with Crippen LogP contribution in [0.5, 0.6) is 0 Å². The van der Waals surface area contributed by atoms with Crippen molar-refractivity contribution in [1.82, 2.24) is 9.97 Å². The SMILES string of the molecule is Cc1ncc(CNc2cnc(N)cc2C(N)=O)s1. The molecule has 94 valence electrons. The molecule has 0 bridgehead atoms. The van der Waals surface area contributed by atoms with Crippen LogP contribution in [0.1, 0.15) is 20.2 Å². The number of carbonyl (C=O) groups is 1. The Labute approximate surface area is 108 Å². The average molecular weight is 263 g/mol. The second-order valence-corrected chi connectivity index (χ2v) is 5.04. The third-order valence-corrected chi connectivity index (χ3v) is 3.23. The van der Waals surface area contributed by atoms with Crippen molar-refractivity contribution < 1.29 is 4.79 Å². The second kappa shape index (κ2) is 5.01. The summed E-state index contributed by atoms with van der Waals surface area (Å²) >= 11 is 1.59. The number of hydrogen-bond donors (Lipinski definition) is 3. The first kappa shape index (κ1) is 12.3. The van der Waals surface area contributed by atoms with Crippen LogP contribution in [0.15, 0.2) is 18.5 Å². The van der Waals surface area contributed by atoms with E-state index in [0.29, 0.717) is 17.8 Å². The highest BCUT2D eigenvalue weighted by molar-refractivity contribution is 7.11. The van der Waals surface area contributed by atoms with E-state index >= 15 is 0 Å². The number of thiazole rings is 1. The second-order valence-electron chi connectivity index (χ2n) is 3.72. The van der Waals surface area contributed by atoms with Gasteiger partial charge in [0, 0.05) is 11.1 Å². The molecule has 0 fully saturated rings. The van der Waals surface area contributed by atoms with Crippen molar-refractivity contribution >= 4 is 28.7 Å². The lowest BCUT2D eigenvalue weighted by molar-refractivity contribution is 0.100. The molecule has 0 saturated carbocycles. The van der Waals surface area contributed by atoms with E-state index in [2.05, 4.69) is 15.3 Å². The number of rotatable bonds is 4. The van der Waals surface area contributed by atoms with Crippen molar-refractivity contribution in [2.24, 2.45) is 5.73 Å². The topological polar surface area (TPSA) is 107 Å². The third-order valence-electron chi connectivity index (χ3n) is 2.31. The first-order valence-electron chi connectivity index (χ1n) is 5.27. The van der Waals surface area contributed by atoms with Gasteiger partial charge in [-0.05, 0) is 13.0 Å². The minimum atomic E-state index is -0.535. The van der Waals surface area contributed by atoms with E-state index in [0.717, 1.165) is 9.88 Å². The number of pyridine rings is 1. The number of carbonyl (C=O) groups excluding carboxylic acids is 1. The molecule has 0 aliphatic rings. The van der Waals surface area contributed by atoms with Gasteiger partial charge in [-0.15, -0.1) is 11.3 Å². The number of anilines is 2. The average Bonchev–Trinajstić information content (AvgIpc) is 2.73. The van der Waals surface area contributed by atoms with E-state index < -0.39 is 5.91 Å². The van der Waals surface area contributed by atoms with Crippen LogP contribution in [0, 0.1) is 6.92 Å². The first-order valence-corrected chi connectivity index (χ1v) is 6.08. The van der Waals surface area contributed by atoms with Gasteiger partial charge in [0.15, 0.2) is 0 Å². The summed E-state index contributed by atoms with van der Waals surface area (Å²) in [7, 11) is 0. The van der Waals surface area contributed by atoms with E-state index in [1.807, 2.05) is 6.92 Å². The summed E-state index contributed by atoms with van der Waals surface area (Å²) in [6, 6.07) is 1.46. The number of hydrogen-bond acceptors (Lipinski definition) is 6. The summed E-state index contributed by atoms with van der Waals surface area (Å²) in [6.07, 6.45) is 3.30. The third kappa shape index (κ3) is 2.75. The maximum Gasteiger partial charge on any atom is 0.250 e. The Hall–Kier alpha value is -2.15. The standard InChI is InChI=1S/C11H13N5OS/c1-6-14-3-7(18-6)4-15-9-5-16-10(12)2-8(9)11(13)17/h2-3,5,15H,4H2,1H3,(H2,12,16)(H2,13,17). The Morgan fingerprint density at radius 1 is 1.44 bits per heavy atom. The zero-order chi connectivity index (χ0) is 13.1. The normalized spacial score (nSPS) is 10.3. The minimum Gasteiger partial charge on any atom is -0.384 e. The van der Waals surface area contributed by atoms with Gasteiger partial charge >= 0.3 is 0 Å². The van der Waals surface area contributed by atoms with Crippen LogP contribution in [0.4, 0.5) is 11.5 Å². The zero-order valence-corrected chi connectivity index (χ0v) is 10.6. The van der Waals surface area contributed by atoms with Gasteiger partial charge in [0.05, 0.1) is 29.0 Å². The maximum atomic E-state index is 11.3. The Kier molecular flexibility index (Phi) is 3.42.